The molecule has 0 radical (unpaired) electrons. The summed E-state index contributed by atoms with van der Waals surface area (Å²) in [6.07, 6.45) is 0. The molecule has 6 heteroatoms. The Kier molecular flexibility index (Phi) is 3.32. The van der Waals surface area contributed by atoms with Crippen molar-refractivity contribution in [1.82, 2.24) is 0 Å². The van der Waals surface area contributed by atoms with E-state index in [9.17, 15) is 0 Å². The van der Waals surface area contributed by atoms with E-state index in [-0.39, 0.29) is 0 Å². The van der Waals surface area contributed by atoms with Gasteiger partial charge >= 0.3 is 0 Å². The first-order valence-electron chi connectivity index (χ1n) is 3.13. The van der Waals surface area contributed by atoms with Crippen molar-refractivity contribution < 1.29 is 0 Å². The van der Waals surface area contributed by atoms with E-state index in [1.165, 1.54) is 0 Å². The molecule has 0 aromatic heterocycles. The summed E-state index contributed by atoms with van der Waals surface area (Å²) in [4.78, 5) is 2.63. The lowest BCUT2D eigenvalue weighted by Crippen LogP contribution is -1.78. The van der Waals surface area contributed by atoms with Crippen LogP contribution in [0.25, 0.3) is 10.4 Å². The van der Waals surface area contributed by atoms with Crippen LogP contribution in [0.1, 0.15) is 5.56 Å². The summed E-state index contributed by atoms with van der Waals surface area (Å²) in [6.45, 7) is 0. The van der Waals surface area contributed by atoms with E-state index in [1.54, 1.807) is 12.1 Å². The Morgan fingerprint density at radius 1 is 1.46 bits per heavy atom. The Labute approximate surface area is 91.1 Å². The smallest absolute Gasteiger partial charge is 0.0997 e. The van der Waals surface area contributed by atoms with Crippen molar-refractivity contribution in [3.63, 3.8) is 0 Å². The number of nitriles is 1. The molecule has 13 heavy (non-hydrogen) atoms. The van der Waals surface area contributed by atoms with E-state index >= 15 is 0 Å². The standard InChI is InChI=1S/C7H2Br2N4/c8-5-1-4(3-10)7(12-13-11)6(9)2-5/h1-2H. The van der Waals surface area contributed by atoms with Gasteiger partial charge in [-0.1, -0.05) is 37.0 Å². The molecule has 0 fully saturated rings. The van der Waals surface area contributed by atoms with Gasteiger partial charge in [0.25, 0.3) is 0 Å². The second-order valence-corrected chi connectivity index (χ2v) is 3.86. The number of hydrogen-bond acceptors (Lipinski definition) is 2. The van der Waals surface area contributed by atoms with E-state index in [0.29, 0.717) is 15.7 Å². The summed E-state index contributed by atoms with van der Waals surface area (Å²) in [5, 5.41) is 12.1. The van der Waals surface area contributed by atoms with Crippen LogP contribution in [0.4, 0.5) is 5.69 Å². The van der Waals surface area contributed by atoms with Gasteiger partial charge < -0.3 is 0 Å². The van der Waals surface area contributed by atoms with Gasteiger partial charge in [0.2, 0.25) is 0 Å². The third kappa shape index (κ3) is 2.22. The minimum atomic E-state index is 0.313. The van der Waals surface area contributed by atoms with Crippen molar-refractivity contribution in [1.29, 1.82) is 5.26 Å². The molecule has 0 aliphatic rings. The second kappa shape index (κ2) is 4.28. The minimum Gasteiger partial charge on any atom is -0.192 e. The number of nitrogens with zero attached hydrogens (tertiary/aromatic N) is 4. The Bertz CT molecular complexity index is 429. The topological polar surface area (TPSA) is 72.5 Å². The fraction of sp³-hybridized carbons (Fsp3) is 0. The quantitative estimate of drug-likeness (QED) is 0.438. The fourth-order valence-electron chi connectivity index (χ4n) is 0.798. The van der Waals surface area contributed by atoms with E-state index in [2.05, 4.69) is 41.9 Å². The predicted octanol–water partition coefficient (Wildman–Crippen LogP) is 4.03. The Hall–Kier alpha value is -1.02. The number of halogens is 2. The van der Waals surface area contributed by atoms with Crippen LogP contribution >= 0.6 is 31.9 Å². The van der Waals surface area contributed by atoms with Gasteiger partial charge in [0, 0.05) is 13.9 Å². The number of benzene rings is 1. The highest BCUT2D eigenvalue weighted by Crippen LogP contribution is 2.32. The molecule has 0 unspecified atom stereocenters. The van der Waals surface area contributed by atoms with Crippen LogP contribution in [0.2, 0.25) is 0 Å². The fourth-order valence-corrected chi connectivity index (χ4v) is 2.10. The molecule has 0 saturated heterocycles. The van der Waals surface area contributed by atoms with Gasteiger partial charge in [-0.25, -0.2) is 0 Å². The van der Waals surface area contributed by atoms with Gasteiger partial charge in [-0.3, -0.25) is 0 Å². The van der Waals surface area contributed by atoms with E-state index in [0.717, 1.165) is 4.47 Å². The first-order valence-corrected chi connectivity index (χ1v) is 4.72. The lowest BCUT2D eigenvalue weighted by atomic mass is 10.2. The van der Waals surface area contributed by atoms with Crippen LogP contribution in [0.5, 0.6) is 0 Å². The zero-order chi connectivity index (χ0) is 9.84. The van der Waals surface area contributed by atoms with Crippen LogP contribution in [-0.2, 0) is 0 Å². The number of hydrogen-bond donors (Lipinski definition) is 0. The third-order valence-corrected chi connectivity index (χ3v) is 2.36. The lowest BCUT2D eigenvalue weighted by molar-refractivity contribution is 1.39. The van der Waals surface area contributed by atoms with Crippen molar-refractivity contribution in [2.75, 3.05) is 0 Å². The summed E-state index contributed by atoms with van der Waals surface area (Å²) < 4.78 is 1.35. The summed E-state index contributed by atoms with van der Waals surface area (Å²) >= 11 is 6.42. The summed E-state index contributed by atoms with van der Waals surface area (Å²) in [5.41, 5.74) is 8.90. The van der Waals surface area contributed by atoms with Crippen LogP contribution in [0, 0.1) is 11.3 Å². The Morgan fingerprint density at radius 3 is 2.69 bits per heavy atom. The summed E-state index contributed by atoms with van der Waals surface area (Å²) in [7, 11) is 0. The van der Waals surface area contributed by atoms with E-state index in [4.69, 9.17) is 10.8 Å². The molecule has 0 atom stereocenters. The average molecular weight is 302 g/mol. The molecule has 1 rings (SSSR count). The highest BCUT2D eigenvalue weighted by Gasteiger charge is 2.05. The molecular weight excluding hydrogens is 300 g/mol. The summed E-state index contributed by atoms with van der Waals surface area (Å²) in [5.74, 6) is 0. The number of azide groups is 1. The predicted molar refractivity (Wildman–Crippen MR) is 55.4 cm³/mol. The largest absolute Gasteiger partial charge is 0.192 e. The Balaban J connectivity index is 3.49. The minimum absolute atomic E-state index is 0.313. The Morgan fingerprint density at radius 2 is 2.15 bits per heavy atom. The average Bonchev–Trinajstić information content (AvgIpc) is 2.09. The van der Waals surface area contributed by atoms with Gasteiger partial charge in [-0.15, -0.1) is 0 Å². The maximum absolute atomic E-state index is 8.72. The molecule has 0 spiro atoms. The normalized spacial score (nSPS) is 8.69. The third-order valence-electron chi connectivity index (χ3n) is 1.29. The van der Waals surface area contributed by atoms with Crippen molar-refractivity contribution in [2.24, 2.45) is 5.11 Å². The van der Waals surface area contributed by atoms with Gasteiger partial charge in [0.05, 0.1) is 17.3 Å². The van der Waals surface area contributed by atoms with Crippen molar-refractivity contribution in [3.05, 3.63) is 37.1 Å². The maximum Gasteiger partial charge on any atom is 0.0997 e. The van der Waals surface area contributed by atoms with Gasteiger partial charge in [-0.05, 0) is 17.7 Å². The molecule has 0 amide bonds. The molecule has 0 N–H and O–H groups in total. The first-order chi connectivity index (χ1) is 6.19. The molecular formula is C7H2Br2N4. The molecule has 1 aromatic carbocycles. The van der Waals surface area contributed by atoms with Crippen molar-refractivity contribution in [3.8, 4) is 6.07 Å². The highest BCUT2D eigenvalue weighted by atomic mass is 79.9. The zero-order valence-electron chi connectivity index (χ0n) is 6.20. The first kappa shape index (κ1) is 10.1. The van der Waals surface area contributed by atoms with Gasteiger partial charge in [0.15, 0.2) is 0 Å². The highest BCUT2D eigenvalue weighted by molar-refractivity contribution is 9.11. The molecule has 0 aliphatic heterocycles. The summed E-state index contributed by atoms with van der Waals surface area (Å²) in [6, 6.07) is 5.24. The van der Waals surface area contributed by atoms with Crippen LogP contribution in [-0.4, -0.2) is 0 Å². The molecule has 4 nitrogen and oxygen atoms in total. The van der Waals surface area contributed by atoms with Gasteiger partial charge in [0.1, 0.15) is 0 Å². The molecule has 0 bridgehead atoms. The van der Waals surface area contributed by atoms with Gasteiger partial charge in [-0.2, -0.15) is 5.26 Å². The molecule has 1 aromatic rings. The second-order valence-electron chi connectivity index (χ2n) is 2.09. The molecule has 0 saturated carbocycles. The number of rotatable bonds is 1. The lowest BCUT2D eigenvalue weighted by Gasteiger charge is -2.00. The van der Waals surface area contributed by atoms with E-state index in [1.807, 2.05) is 6.07 Å². The zero-order valence-corrected chi connectivity index (χ0v) is 9.37. The maximum atomic E-state index is 8.72. The van der Waals surface area contributed by atoms with Crippen LogP contribution in [0.3, 0.4) is 0 Å². The SMILES string of the molecule is N#Cc1cc(Br)cc(Br)c1N=[N+]=[N-]. The molecule has 0 aliphatic carbocycles. The van der Waals surface area contributed by atoms with Crippen LogP contribution in [0.15, 0.2) is 26.2 Å². The monoisotopic (exact) mass is 300 g/mol. The molecule has 0 heterocycles. The van der Waals surface area contributed by atoms with Crippen molar-refractivity contribution in [2.45, 2.75) is 0 Å². The molecule has 64 valence electrons. The van der Waals surface area contributed by atoms with Crippen LogP contribution < -0.4 is 0 Å². The van der Waals surface area contributed by atoms with E-state index < -0.39 is 0 Å². The van der Waals surface area contributed by atoms with Crippen molar-refractivity contribution >= 4 is 37.5 Å².